The summed E-state index contributed by atoms with van der Waals surface area (Å²) >= 11 is 0. The van der Waals surface area contributed by atoms with Crippen LogP contribution < -0.4 is 14.8 Å². The van der Waals surface area contributed by atoms with Crippen LogP contribution in [0.5, 0.6) is 5.75 Å². The van der Waals surface area contributed by atoms with Crippen LogP contribution in [0, 0.1) is 11.6 Å². The molecule has 1 fully saturated rings. The van der Waals surface area contributed by atoms with Gasteiger partial charge in [-0.15, -0.1) is 0 Å². The molecule has 8 nitrogen and oxygen atoms in total. The summed E-state index contributed by atoms with van der Waals surface area (Å²) < 4.78 is 67.1. The number of anilines is 1. The van der Waals surface area contributed by atoms with Crippen molar-refractivity contribution in [1.82, 2.24) is 5.32 Å². The Bertz CT molecular complexity index is 1430. The molecule has 200 valence electrons. The van der Waals surface area contributed by atoms with Crippen molar-refractivity contribution in [3.05, 3.63) is 89.5 Å². The van der Waals surface area contributed by atoms with Gasteiger partial charge in [-0.05, 0) is 55.0 Å². The second-order valence-corrected chi connectivity index (χ2v) is 11.0. The molecule has 0 spiro atoms. The molecule has 0 radical (unpaired) electrons. The van der Waals surface area contributed by atoms with Crippen molar-refractivity contribution in [1.29, 1.82) is 0 Å². The van der Waals surface area contributed by atoms with Gasteiger partial charge in [0.2, 0.25) is 5.91 Å². The van der Waals surface area contributed by atoms with Crippen LogP contribution in [0.25, 0.3) is 0 Å². The molecule has 3 aromatic rings. The highest BCUT2D eigenvalue weighted by Crippen LogP contribution is 2.47. The van der Waals surface area contributed by atoms with E-state index in [2.05, 4.69) is 10.0 Å². The number of carbonyl (C=O) groups excluding carboxylic acids is 1. The Kier molecular flexibility index (Phi) is 7.33. The highest BCUT2D eigenvalue weighted by atomic mass is 32.2. The molecule has 3 aromatic carbocycles. The van der Waals surface area contributed by atoms with E-state index in [1.807, 2.05) is 0 Å². The van der Waals surface area contributed by atoms with Gasteiger partial charge in [-0.3, -0.25) is 9.52 Å². The summed E-state index contributed by atoms with van der Waals surface area (Å²) in [6.07, 6.45) is -1.33. The van der Waals surface area contributed by atoms with Crippen LogP contribution >= 0.6 is 0 Å². The van der Waals surface area contributed by atoms with Gasteiger partial charge in [0.25, 0.3) is 10.0 Å². The third-order valence-electron chi connectivity index (χ3n) is 6.72. The lowest BCUT2D eigenvalue weighted by Gasteiger charge is -2.37. The van der Waals surface area contributed by atoms with Crippen molar-refractivity contribution >= 4 is 21.6 Å². The van der Waals surface area contributed by atoms with Crippen LogP contribution in [0.1, 0.15) is 29.9 Å². The number of carbonyl (C=O) groups is 1. The minimum Gasteiger partial charge on any atom is -0.487 e. The van der Waals surface area contributed by atoms with Crippen LogP contribution in [0.2, 0.25) is 0 Å². The van der Waals surface area contributed by atoms with Crippen LogP contribution in [0.3, 0.4) is 0 Å². The lowest BCUT2D eigenvalue weighted by atomic mass is 9.84. The molecule has 0 bridgehead atoms. The second-order valence-electron chi connectivity index (χ2n) is 9.29. The van der Waals surface area contributed by atoms with Crippen molar-refractivity contribution in [2.75, 3.05) is 11.3 Å². The molecule has 4 atom stereocenters. The first-order valence-electron chi connectivity index (χ1n) is 12.1. The molecule has 2 aliphatic rings. The summed E-state index contributed by atoms with van der Waals surface area (Å²) in [5.74, 6) is -0.992. The zero-order valence-corrected chi connectivity index (χ0v) is 21.0. The number of rotatable bonds is 8. The average molecular weight is 545 g/mol. The van der Waals surface area contributed by atoms with Crippen molar-refractivity contribution in [3.63, 3.8) is 0 Å². The van der Waals surface area contributed by atoms with Crippen molar-refractivity contribution in [2.45, 2.75) is 48.5 Å². The summed E-state index contributed by atoms with van der Waals surface area (Å²) in [6, 6.07) is 15.5. The van der Waals surface area contributed by atoms with Gasteiger partial charge in [0.15, 0.2) is 0 Å². The summed E-state index contributed by atoms with van der Waals surface area (Å²) in [4.78, 5) is 12.5. The van der Waals surface area contributed by atoms with E-state index in [0.717, 1.165) is 17.7 Å². The van der Waals surface area contributed by atoms with Gasteiger partial charge in [-0.1, -0.05) is 18.2 Å². The smallest absolute Gasteiger partial charge is 0.261 e. The molecule has 0 aliphatic carbocycles. The van der Waals surface area contributed by atoms with E-state index in [-0.39, 0.29) is 36.3 Å². The highest BCUT2D eigenvalue weighted by Gasteiger charge is 2.46. The number of amides is 1. The van der Waals surface area contributed by atoms with E-state index in [1.54, 1.807) is 36.4 Å². The molecular weight excluding hydrogens is 518 g/mol. The topological polar surface area (TPSA) is 114 Å². The molecule has 2 aliphatic heterocycles. The van der Waals surface area contributed by atoms with Crippen molar-refractivity contribution in [2.24, 2.45) is 0 Å². The molecule has 0 saturated carbocycles. The number of halogens is 2. The molecule has 5 rings (SSSR count). The van der Waals surface area contributed by atoms with Crippen LogP contribution in [0.4, 0.5) is 14.5 Å². The van der Waals surface area contributed by atoms with E-state index in [4.69, 9.17) is 9.47 Å². The number of ether oxygens (including phenoxy) is 2. The van der Waals surface area contributed by atoms with Gasteiger partial charge < -0.3 is 19.9 Å². The fourth-order valence-electron chi connectivity index (χ4n) is 4.89. The minimum atomic E-state index is -3.95. The quantitative estimate of drug-likeness (QED) is 0.400. The third kappa shape index (κ3) is 5.50. The predicted octanol–water partition coefficient (Wildman–Crippen LogP) is 3.47. The first-order chi connectivity index (χ1) is 18.2. The molecule has 0 unspecified atom stereocenters. The van der Waals surface area contributed by atoms with Gasteiger partial charge in [0, 0.05) is 29.3 Å². The van der Waals surface area contributed by atoms with Gasteiger partial charge in [0.05, 0.1) is 24.0 Å². The monoisotopic (exact) mass is 544 g/mol. The SMILES string of the molecule is O=C(C[C@H]1C[C@H]2c3cc(NS(=O)(=O)c4ccc(F)cc4)ccc3O[C@H]2[C@@H](CO)O1)NCc1ccccc1F. The maximum Gasteiger partial charge on any atom is 0.261 e. The zero-order chi connectivity index (χ0) is 26.9. The Morgan fingerprint density at radius 1 is 1.05 bits per heavy atom. The number of nitrogens with one attached hydrogen (secondary N) is 2. The van der Waals surface area contributed by atoms with Gasteiger partial charge in [-0.25, -0.2) is 17.2 Å². The summed E-state index contributed by atoms with van der Waals surface area (Å²) in [5, 5.41) is 12.6. The number of aliphatic hydroxyl groups excluding tert-OH is 1. The standard InChI is InChI=1S/C27H26F2N2O6S/c28-17-5-8-20(9-6-17)38(34,35)31-18-7-10-24-21(11-18)22-12-19(36-25(15-32)27(22)37-24)13-26(33)30-14-16-3-1-2-4-23(16)29/h1-11,19,22,25,27,31-32H,12-15H2,(H,30,33)/t19-,22+,25-,27-/m1/s1. The average Bonchev–Trinajstić information content (AvgIpc) is 3.25. The van der Waals surface area contributed by atoms with Crippen LogP contribution in [-0.2, 0) is 26.1 Å². The Hall–Kier alpha value is -3.54. The van der Waals surface area contributed by atoms with E-state index in [0.29, 0.717) is 23.4 Å². The Labute approximate surface area is 218 Å². The second kappa shape index (κ2) is 10.7. The lowest BCUT2D eigenvalue weighted by Crippen LogP contribution is -2.47. The minimum absolute atomic E-state index is 0.000390. The van der Waals surface area contributed by atoms with Gasteiger partial charge >= 0.3 is 0 Å². The van der Waals surface area contributed by atoms with E-state index >= 15 is 0 Å². The molecule has 2 heterocycles. The summed E-state index contributed by atoms with van der Waals surface area (Å²) in [6.45, 7) is -0.288. The van der Waals surface area contributed by atoms with Gasteiger partial charge in [0.1, 0.15) is 29.6 Å². The number of benzene rings is 3. The molecule has 1 saturated heterocycles. The van der Waals surface area contributed by atoms with Crippen LogP contribution in [-0.4, -0.2) is 44.4 Å². The largest absolute Gasteiger partial charge is 0.487 e. The van der Waals surface area contributed by atoms with Crippen molar-refractivity contribution in [3.8, 4) is 5.75 Å². The first-order valence-corrected chi connectivity index (χ1v) is 13.6. The Morgan fingerprint density at radius 2 is 1.82 bits per heavy atom. The number of hydrogen-bond acceptors (Lipinski definition) is 6. The normalized spacial score (nSPS) is 22.2. The zero-order valence-electron chi connectivity index (χ0n) is 20.1. The first kappa shape index (κ1) is 26.1. The maximum atomic E-state index is 13.9. The molecule has 0 aromatic heterocycles. The number of sulfonamides is 1. The third-order valence-corrected chi connectivity index (χ3v) is 8.12. The fourth-order valence-corrected chi connectivity index (χ4v) is 5.94. The summed E-state index contributed by atoms with van der Waals surface area (Å²) in [5.41, 5.74) is 1.39. The molecule has 38 heavy (non-hydrogen) atoms. The molecular formula is C27H26F2N2O6S. The summed E-state index contributed by atoms with van der Waals surface area (Å²) in [7, 11) is -3.95. The number of fused-ring (bicyclic) bond motifs is 3. The highest BCUT2D eigenvalue weighted by molar-refractivity contribution is 7.92. The van der Waals surface area contributed by atoms with Crippen molar-refractivity contribution < 1.29 is 36.6 Å². The van der Waals surface area contributed by atoms with Gasteiger partial charge in [-0.2, -0.15) is 0 Å². The Morgan fingerprint density at radius 3 is 2.55 bits per heavy atom. The van der Waals surface area contributed by atoms with Crippen LogP contribution in [0.15, 0.2) is 71.6 Å². The number of aliphatic hydroxyl groups is 1. The Balaban J connectivity index is 1.29. The van der Waals surface area contributed by atoms with E-state index in [9.17, 15) is 27.1 Å². The molecule has 3 N–H and O–H groups in total. The maximum absolute atomic E-state index is 13.9. The molecule has 1 amide bonds. The number of hydrogen-bond donors (Lipinski definition) is 3. The lowest BCUT2D eigenvalue weighted by molar-refractivity contribution is -0.142. The molecule has 11 heteroatoms. The van der Waals surface area contributed by atoms with E-state index in [1.165, 1.54) is 18.2 Å². The predicted molar refractivity (Wildman–Crippen MR) is 134 cm³/mol. The van der Waals surface area contributed by atoms with E-state index < -0.39 is 40.0 Å². The fraction of sp³-hybridized carbons (Fsp3) is 0.296.